The molecule has 4 rings (SSSR count). The first-order valence-electron chi connectivity index (χ1n) is 8.52. The summed E-state index contributed by atoms with van der Waals surface area (Å²) in [5, 5.41) is 8.78. The van der Waals surface area contributed by atoms with E-state index in [1.165, 1.54) is 29.3 Å². The van der Waals surface area contributed by atoms with Crippen molar-refractivity contribution in [3.8, 4) is 11.5 Å². The average Bonchev–Trinajstić information content (AvgIpc) is 3.29. The molecule has 0 aliphatic heterocycles. The van der Waals surface area contributed by atoms with Crippen LogP contribution in [0.1, 0.15) is 34.8 Å². The van der Waals surface area contributed by atoms with E-state index >= 15 is 0 Å². The molecule has 0 spiro atoms. The van der Waals surface area contributed by atoms with Crippen LogP contribution in [0, 0.1) is 0 Å². The molecule has 0 bridgehead atoms. The zero-order valence-electron chi connectivity index (χ0n) is 14.2. The molecule has 1 aromatic heterocycles. The number of nitrogens with zero attached hydrogens (tertiary/aromatic N) is 2. The Labute approximate surface area is 161 Å². The van der Waals surface area contributed by atoms with E-state index < -0.39 is 0 Å². The summed E-state index contributed by atoms with van der Waals surface area (Å²) in [6.07, 6.45) is 3.35. The average molecular weight is 385 g/mol. The minimum absolute atomic E-state index is 0.0761. The standard InChI is InChI=1S/C20H17ClN2O2S/c1-12(18(24)15-9-8-13-4-2-5-14(13)10-15)26-20-23-22-19(25-20)16-6-3-7-17(21)11-16/h3,6-12H,2,4-5H2,1H3/t12-/m0/s1. The van der Waals surface area contributed by atoms with Gasteiger partial charge in [0.25, 0.3) is 5.22 Å². The molecule has 0 amide bonds. The fourth-order valence-electron chi connectivity index (χ4n) is 3.16. The molecule has 0 fully saturated rings. The fraction of sp³-hybridized carbons (Fsp3) is 0.250. The molecule has 132 valence electrons. The number of carbonyl (C=O) groups is 1. The smallest absolute Gasteiger partial charge is 0.277 e. The number of aryl methyl sites for hydroxylation is 2. The topological polar surface area (TPSA) is 56.0 Å². The van der Waals surface area contributed by atoms with Gasteiger partial charge in [-0.2, -0.15) is 0 Å². The minimum Gasteiger partial charge on any atom is -0.411 e. The van der Waals surface area contributed by atoms with Gasteiger partial charge in [-0.15, -0.1) is 10.2 Å². The molecule has 0 unspecified atom stereocenters. The van der Waals surface area contributed by atoms with Gasteiger partial charge in [0.2, 0.25) is 5.89 Å². The van der Waals surface area contributed by atoms with Crippen LogP contribution >= 0.6 is 23.4 Å². The molecule has 3 aromatic rings. The summed E-state index contributed by atoms with van der Waals surface area (Å²) < 4.78 is 5.69. The zero-order valence-corrected chi connectivity index (χ0v) is 15.8. The third kappa shape index (κ3) is 3.55. The van der Waals surface area contributed by atoms with Crippen molar-refractivity contribution < 1.29 is 9.21 Å². The predicted octanol–water partition coefficient (Wildman–Crippen LogP) is 5.24. The highest BCUT2D eigenvalue weighted by Gasteiger charge is 2.22. The van der Waals surface area contributed by atoms with Gasteiger partial charge in [0.15, 0.2) is 5.78 Å². The number of ketones is 1. The van der Waals surface area contributed by atoms with E-state index in [1.807, 2.05) is 31.2 Å². The number of hydrogen-bond donors (Lipinski definition) is 0. The largest absolute Gasteiger partial charge is 0.411 e. The van der Waals surface area contributed by atoms with Crippen LogP contribution in [0.25, 0.3) is 11.5 Å². The van der Waals surface area contributed by atoms with Gasteiger partial charge in [-0.05, 0) is 61.6 Å². The Morgan fingerprint density at radius 3 is 2.85 bits per heavy atom. The number of aromatic nitrogens is 2. The number of hydrogen-bond acceptors (Lipinski definition) is 5. The Morgan fingerprint density at radius 1 is 1.15 bits per heavy atom. The van der Waals surface area contributed by atoms with Crippen LogP contribution in [-0.4, -0.2) is 21.2 Å². The SMILES string of the molecule is C[C@H](Sc1nnc(-c2cccc(Cl)c2)o1)C(=O)c1ccc2c(c1)CCC2. The monoisotopic (exact) mass is 384 g/mol. The molecule has 26 heavy (non-hydrogen) atoms. The van der Waals surface area contributed by atoms with Crippen LogP contribution in [0.3, 0.4) is 0 Å². The third-order valence-electron chi connectivity index (χ3n) is 4.51. The Hall–Kier alpha value is -2.11. The van der Waals surface area contributed by atoms with Gasteiger partial charge < -0.3 is 4.42 Å². The van der Waals surface area contributed by atoms with Crippen molar-refractivity contribution in [3.63, 3.8) is 0 Å². The molecular weight excluding hydrogens is 368 g/mol. The Balaban J connectivity index is 1.48. The summed E-state index contributed by atoms with van der Waals surface area (Å²) in [6, 6.07) is 13.3. The van der Waals surface area contributed by atoms with Gasteiger partial charge in [-0.1, -0.05) is 41.6 Å². The maximum absolute atomic E-state index is 12.7. The molecule has 2 aromatic carbocycles. The first kappa shape index (κ1) is 17.3. The maximum atomic E-state index is 12.7. The lowest BCUT2D eigenvalue weighted by Gasteiger charge is -2.09. The van der Waals surface area contributed by atoms with E-state index in [1.54, 1.807) is 12.1 Å². The maximum Gasteiger partial charge on any atom is 0.277 e. The normalized spacial score (nSPS) is 14.2. The van der Waals surface area contributed by atoms with E-state index in [-0.39, 0.29) is 11.0 Å². The summed E-state index contributed by atoms with van der Waals surface area (Å²) in [5.74, 6) is 0.472. The quantitative estimate of drug-likeness (QED) is 0.444. The second kappa shape index (κ2) is 7.25. The molecule has 1 aliphatic rings. The lowest BCUT2D eigenvalue weighted by Crippen LogP contribution is -2.13. The first-order valence-corrected chi connectivity index (χ1v) is 9.78. The van der Waals surface area contributed by atoms with E-state index in [0.717, 1.165) is 24.0 Å². The highest BCUT2D eigenvalue weighted by molar-refractivity contribution is 8.00. The van der Waals surface area contributed by atoms with Crippen molar-refractivity contribution in [3.05, 3.63) is 64.2 Å². The van der Waals surface area contributed by atoms with Crippen LogP contribution in [0.4, 0.5) is 0 Å². The van der Waals surface area contributed by atoms with Gasteiger partial charge in [-0.25, -0.2) is 0 Å². The van der Waals surface area contributed by atoms with Crippen LogP contribution in [-0.2, 0) is 12.8 Å². The summed E-state index contributed by atoms with van der Waals surface area (Å²) in [7, 11) is 0. The molecule has 1 heterocycles. The van der Waals surface area contributed by atoms with Crippen LogP contribution in [0.2, 0.25) is 5.02 Å². The molecular formula is C20H17ClN2O2S. The van der Waals surface area contributed by atoms with Crippen molar-refractivity contribution in [2.24, 2.45) is 0 Å². The summed E-state index contributed by atoms with van der Waals surface area (Å²) in [4.78, 5) is 12.7. The summed E-state index contributed by atoms with van der Waals surface area (Å²) in [6.45, 7) is 1.86. The van der Waals surface area contributed by atoms with Gasteiger partial charge in [0, 0.05) is 16.1 Å². The van der Waals surface area contributed by atoms with Crippen molar-refractivity contribution in [2.45, 2.75) is 36.7 Å². The zero-order chi connectivity index (χ0) is 18.1. The molecule has 1 atom stereocenters. The highest BCUT2D eigenvalue weighted by Crippen LogP contribution is 2.30. The van der Waals surface area contributed by atoms with Crippen molar-refractivity contribution in [1.29, 1.82) is 0 Å². The number of thioether (sulfide) groups is 1. The number of halogens is 1. The second-order valence-corrected chi connectivity index (χ2v) is 8.07. The Kier molecular flexibility index (Phi) is 4.83. The van der Waals surface area contributed by atoms with Gasteiger partial charge in [-0.3, -0.25) is 4.79 Å². The lowest BCUT2D eigenvalue weighted by atomic mass is 10.0. The number of carbonyl (C=O) groups excluding carboxylic acids is 1. The van der Waals surface area contributed by atoms with Crippen LogP contribution in [0.5, 0.6) is 0 Å². The van der Waals surface area contributed by atoms with Crippen molar-refractivity contribution in [1.82, 2.24) is 10.2 Å². The Bertz CT molecular complexity index is 970. The van der Waals surface area contributed by atoms with E-state index in [9.17, 15) is 4.79 Å². The second-order valence-electron chi connectivity index (χ2n) is 6.34. The van der Waals surface area contributed by atoms with E-state index in [4.69, 9.17) is 16.0 Å². The highest BCUT2D eigenvalue weighted by atomic mass is 35.5. The van der Waals surface area contributed by atoms with Crippen LogP contribution in [0.15, 0.2) is 52.1 Å². The molecule has 6 heteroatoms. The number of benzene rings is 2. The van der Waals surface area contributed by atoms with E-state index in [2.05, 4.69) is 16.3 Å². The summed E-state index contributed by atoms with van der Waals surface area (Å²) >= 11 is 7.27. The lowest BCUT2D eigenvalue weighted by molar-refractivity contribution is 0.0993. The Morgan fingerprint density at radius 2 is 2.00 bits per heavy atom. The fourth-order valence-corrected chi connectivity index (χ4v) is 4.11. The number of Topliss-reactive ketones (excluding diaryl/α,β-unsaturated/α-hetero) is 1. The van der Waals surface area contributed by atoms with Gasteiger partial charge >= 0.3 is 0 Å². The number of rotatable bonds is 5. The summed E-state index contributed by atoms with van der Waals surface area (Å²) in [5.41, 5.74) is 4.17. The molecule has 0 saturated carbocycles. The van der Waals surface area contributed by atoms with Gasteiger partial charge in [0.1, 0.15) is 0 Å². The molecule has 0 radical (unpaired) electrons. The first-order chi connectivity index (χ1) is 12.6. The van der Waals surface area contributed by atoms with Crippen molar-refractivity contribution in [2.75, 3.05) is 0 Å². The molecule has 0 N–H and O–H groups in total. The third-order valence-corrected chi connectivity index (χ3v) is 5.68. The van der Waals surface area contributed by atoms with Gasteiger partial charge in [0.05, 0.1) is 5.25 Å². The molecule has 1 aliphatic carbocycles. The predicted molar refractivity (Wildman–Crippen MR) is 103 cm³/mol. The van der Waals surface area contributed by atoms with E-state index in [0.29, 0.717) is 16.1 Å². The van der Waals surface area contributed by atoms with Crippen molar-refractivity contribution >= 4 is 29.1 Å². The van der Waals surface area contributed by atoms with Crippen LogP contribution < -0.4 is 0 Å². The molecule has 4 nitrogen and oxygen atoms in total. The minimum atomic E-state index is -0.304. The number of fused-ring (bicyclic) bond motifs is 1. The molecule has 0 saturated heterocycles.